The highest BCUT2D eigenvalue weighted by Crippen LogP contribution is 2.41. The first-order valence-electron chi connectivity index (χ1n) is 23.6. The molecule has 362 valence electrons. The van der Waals surface area contributed by atoms with Crippen LogP contribution in [0.25, 0.3) is 11.0 Å². The van der Waals surface area contributed by atoms with Gasteiger partial charge in [0.1, 0.15) is 17.0 Å². The lowest BCUT2D eigenvalue weighted by molar-refractivity contribution is -0.143. The molecule has 2 heterocycles. The zero-order valence-corrected chi connectivity index (χ0v) is 44.3. The Labute approximate surface area is 405 Å². The number of hydrogen-bond donors (Lipinski definition) is 1. The second kappa shape index (κ2) is 20.0. The Balaban J connectivity index is 1.22. The molecule has 68 heavy (non-hydrogen) atoms. The van der Waals surface area contributed by atoms with Crippen molar-refractivity contribution in [2.24, 2.45) is 0 Å². The van der Waals surface area contributed by atoms with Crippen molar-refractivity contribution in [3.8, 4) is 11.5 Å². The fourth-order valence-corrected chi connectivity index (χ4v) is 15.9. The molecule has 1 aliphatic rings. The number of carbonyl (C=O) groups excluding carboxylic acids is 1. The number of fused-ring (bicyclic) bond motifs is 2. The normalized spacial score (nSPS) is 15.4. The number of aromatic hydroxyl groups is 1. The van der Waals surface area contributed by atoms with Crippen LogP contribution in [0.2, 0.25) is 23.2 Å². The lowest BCUT2D eigenvalue weighted by Gasteiger charge is -2.46. The summed E-state index contributed by atoms with van der Waals surface area (Å²) >= 11 is 0. The summed E-state index contributed by atoms with van der Waals surface area (Å²) in [7, 11) is -9.25. The SMILES string of the molecule is CCOC(=O)CC(c1ccc(C)c(CN2Cc3cc(O)ccc3OS2(=O)=O)c1)c1ccc2c(nnn2CC[C@H](CO[Si](C)(C)C(C)(C)C)O[Si](c2ccccc2)(c2ccccc2)C(C)(C)C)c1C. The molecule has 0 saturated carbocycles. The van der Waals surface area contributed by atoms with Crippen LogP contribution in [0.1, 0.15) is 101 Å². The molecule has 0 radical (unpaired) electrons. The summed E-state index contributed by atoms with van der Waals surface area (Å²) in [5, 5.41) is 21.8. The quantitative estimate of drug-likeness (QED) is 0.0694. The van der Waals surface area contributed by atoms with Crippen molar-refractivity contribution in [2.75, 3.05) is 13.2 Å². The third-order valence-electron chi connectivity index (χ3n) is 13.9. The van der Waals surface area contributed by atoms with Crippen molar-refractivity contribution >= 4 is 54.3 Å². The van der Waals surface area contributed by atoms with Gasteiger partial charge in [-0.3, -0.25) is 4.79 Å². The van der Waals surface area contributed by atoms with Crippen LogP contribution in [0.5, 0.6) is 11.5 Å². The van der Waals surface area contributed by atoms with Gasteiger partial charge in [-0.25, -0.2) is 4.68 Å². The molecule has 0 fully saturated rings. The fourth-order valence-electron chi connectivity index (χ4n) is 9.03. The molecule has 5 aromatic carbocycles. The van der Waals surface area contributed by atoms with Crippen molar-refractivity contribution in [2.45, 2.75) is 130 Å². The van der Waals surface area contributed by atoms with Gasteiger partial charge < -0.3 is 22.9 Å². The van der Waals surface area contributed by atoms with Crippen LogP contribution < -0.4 is 14.6 Å². The van der Waals surface area contributed by atoms with E-state index in [0.29, 0.717) is 25.1 Å². The highest BCUT2D eigenvalue weighted by Gasteiger charge is 2.52. The molecule has 12 nitrogen and oxygen atoms in total. The summed E-state index contributed by atoms with van der Waals surface area (Å²) in [6, 6.07) is 35.7. The molecule has 1 aliphatic heterocycles. The monoisotopic (exact) mass is 976 g/mol. The van der Waals surface area contributed by atoms with Gasteiger partial charge in [-0.2, -0.15) is 12.7 Å². The number of phenolic OH excluding ortho intramolecular Hbond substituents is 1. The summed E-state index contributed by atoms with van der Waals surface area (Å²) in [5.41, 5.74) is 6.38. The third kappa shape index (κ3) is 10.7. The lowest BCUT2D eigenvalue weighted by atomic mass is 9.84. The first-order chi connectivity index (χ1) is 32.0. The molecule has 6 aromatic rings. The van der Waals surface area contributed by atoms with Crippen LogP contribution in [0.3, 0.4) is 0 Å². The average molecular weight is 977 g/mol. The molecular formula is C53H68N4O8SSi2. The van der Waals surface area contributed by atoms with E-state index >= 15 is 0 Å². The van der Waals surface area contributed by atoms with E-state index in [0.717, 1.165) is 38.9 Å². The predicted molar refractivity (Wildman–Crippen MR) is 274 cm³/mol. The highest BCUT2D eigenvalue weighted by molar-refractivity contribution is 7.84. The van der Waals surface area contributed by atoms with Gasteiger partial charge in [-0.1, -0.05) is 132 Å². The zero-order chi connectivity index (χ0) is 49.2. The van der Waals surface area contributed by atoms with Gasteiger partial charge in [-0.05, 0) is 113 Å². The number of aryl methyl sites for hydroxylation is 3. The van der Waals surface area contributed by atoms with Gasteiger partial charge in [0.2, 0.25) is 0 Å². The Morgan fingerprint density at radius 1 is 0.868 bits per heavy atom. The summed E-state index contributed by atoms with van der Waals surface area (Å²) in [4.78, 5) is 13.3. The summed E-state index contributed by atoms with van der Waals surface area (Å²) in [6.45, 7) is 25.2. The molecule has 15 heteroatoms. The van der Waals surface area contributed by atoms with E-state index in [4.69, 9.17) is 28.1 Å². The maximum absolute atomic E-state index is 13.3. The maximum Gasteiger partial charge on any atom is 0.385 e. The minimum Gasteiger partial charge on any atom is -0.508 e. The van der Waals surface area contributed by atoms with Gasteiger partial charge in [0.25, 0.3) is 8.32 Å². The Bertz CT molecular complexity index is 2800. The number of esters is 1. The Kier molecular flexibility index (Phi) is 14.9. The summed E-state index contributed by atoms with van der Waals surface area (Å²) < 4.78 is 55.5. The van der Waals surface area contributed by atoms with Crippen molar-refractivity contribution in [1.82, 2.24) is 19.3 Å². The van der Waals surface area contributed by atoms with E-state index in [-0.39, 0.29) is 59.8 Å². The number of nitrogens with zero attached hydrogens (tertiary/aromatic N) is 4. The van der Waals surface area contributed by atoms with E-state index in [1.807, 2.05) is 48.9 Å². The molecule has 1 aromatic heterocycles. The van der Waals surface area contributed by atoms with Gasteiger partial charge >= 0.3 is 16.3 Å². The van der Waals surface area contributed by atoms with Gasteiger partial charge in [0, 0.05) is 31.1 Å². The lowest BCUT2D eigenvalue weighted by Crippen LogP contribution is -2.68. The molecule has 0 amide bonds. The minimum absolute atomic E-state index is 0.0130. The molecular weight excluding hydrogens is 909 g/mol. The Morgan fingerprint density at radius 3 is 2.15 bits per heavy atom. The number of phenols is 1. The highest BCUT2D eigenvalue weighted by atomic mass is 32.2. The van der Waals surface area contributed by atoms with Crippen LogP contribution in [0.4, 0.5) is 0 Å². The smallest absolute Gasteiger partial charge is 0.385 e. The largest absolute Gasteiger partial charge is 0.508 e. The summed E-state index contributed by atoms with van der Waals surface area (Å²) in [5.74, 6) is -0.569. The molecule has 2 atom stereocenters. The number of hydrogen-bond acceptors (Lipinski definition) is 10. The van der Waals surface area contributed by atoms with Crippen molar-refractivity contribution < 1.29 is 36.1 Å². The van der Waals surface area contributed by atoms with Crippen LogP contribution in [-0.2, 0) is 48.3 Å². The van der Waals surface area contributed by atoms with Crippen LogP contribution in [-0.4, -0.2) is 74.7 Å². The minimum atomic E-state index is -4.12. The number of aromatic nitrogens is 3. The van der Waals surface area contributed by atoms with Crippen molar-refractivity contribution in [3.05, 3.63) is 143 Å². The Hall–Kier alpha value is -5.17. The van der Waals surface area contributed by atoms with E-state index in [1.165, 1.54) is 32.9 Å². The van der Waals surface area contributed by atoms with Gasteiger partial charge in [0.15, 0.2) is 8.32 Å². The van der Waals surface area contributed by atoms with Crippen molar-refractivity contribution in [3.63, 3.8) is 0 Å². The molecule has 0 aliphatic carbocycles. The summed E-state index contributed by atoms with van der Waals surface area (Å²) in [6.07, 6.45) is 0.415. The predicted octanol–water partition coefficient (Wildman–Crippen LogP) is 9.84. The second-order valence-corrected chi connectivity index (χ2v) is 31.2. The Morgan fingerprint density at radius 2 is 1.53 bits per heavy atom. The first kappa shape index (κ1) is 50.7. The van der Waals surface area contributed by atoms with E-state index in [1.54, 1.807) is 6.92 Å². The van der Waals surface area contributed by atoms with Gasteiger partial charge in [0.05, 0.1) is 31.3 Å². The first-order valence-corrected chi connectivity index (χ1v) is 29.7. The number of carbonyl (C=O) groups is 1. The second-order valence-electron chi connectivity index (χ2n) is 20.6. The van der Waals surface area contributed by atoms with Crippen molar-refractivity contribution in [1.29, 1.82) is 0 Å². The molecule has 1 N–H and O–H groups in total. The van der Waals surface area contributed by atoms with Crippen LogP contribution in [0, 0.1) is 13.8 Å². The van der Waals surface area contributed by atoms with E-state index in [9.17, 15) is 18.3 Å². The molecule has 1 unspecified atom stereocenters. The zero-order valence-electron chi connectivity index (χ0n) is 41.5. The van der Waals surface area contributed by atoms with Crippen LogP contribution in [0.15, 0.2) is 109 Å². The maximum atomic E-state index is 13.3. The van der Waals surface area contributed by atoms with Crippen LogP contribution >= 0.6 is 0 Å². The molecule has 0 spiro atoms. The average Bonchev–Trinajstić information content (AvgIpc) is 3.70. The van der Waals surface area contributed by atoms with E-state index in [2.05, 4.69) is 115 Å². The topological polar surface area (TPSA) is 142 Å². The third-order valence-corrected chi connectivity index (χ3v) is 24.8. The number of rotatable bonds is 17. The number of benzene rings is 5. The standard InChI is InChI=1S/C53H68N4O8SSi2/c1-12-62-50(59)33-47(39-24-23-37(2)40(31-39)34-56-35-41-32-42(58)25-28-49(41)64-66(56,60)61)46-26-27-48-51(38(46)3)54-55-57(48)30-29-43(36-63-67(10,11)52(4,5)6)65-68(53(7,8)9,44-19-15-13-16-20-44)45-21-17-14-18-22-45/h13-28,31-32,43,47,58H,12,29-30,33-36H2,1-11H3/t43-,47?/m1/s1. The fraction of sp³-hybridized carbons (Fsp3) is 0.415. The number of ether oxygens (including phenoxy) is 1. The molecule has 0 saturated heterocycles. The molecule has 0 bridgehead atoms. The van der Waals surface area contributed by atoms with Gasteiger partial charge in [-0.15, -0.1) is 5.10 Å². The van der Waals surface area contributed by atoms with E-state index < -0.39 is 32.9 Å². The molecule has 7 rings (SSSR count).